The van der Waals surface area contributed by atoms with Crippen LogP contribution in [0, 0.1) is 30.6 Å². The molecule has 0 fully saturated rings. The van der Waals surface area contributed by atoms with Crippen LogP contribution >= 0.6 is 0 Å². The molecule has 0 heterocycles. The number of carbonyl (C=O) groups is 2. The summed E-state index contributed by atoms with van der Waals surface area (Å²) in [6.07, 6.45) is 9.93. The van der Waals surface area contributed by atoms with Gasteiger partial charge in [-0.25, -0.2) is 0 Å². The third-order valence-corrected chi connectivity index (χ3v) is 4.75. The van der Waals surface area contributed by atoms with Gasteiger partial charge in [0.2, 0.25) is 0 Å². The van der Waals surface area contributed by atoms with Crippen molar-refractivity contribution in [3.05, 3.63) is 48.0 Å². The van der Waals surface area contributed by atoms with Crippen LogP contribution < -0.4 is 5.32 Å². The first-order chi connectivity index (χ1) is 15.0. The number of benzene rings is 1. The molecule has 2 atom stereocenters. The van der Waals surface area contributed by atoms with E-state index in [1.54, 1.807) is 0 Å². The minimum atomic E-state index is -0.685. The van der Waals surface area contributed by atoms with Crippen LogP contribution in [0.1, 0.15) is 81.1 Å². The van der Waals surface area contributed by atoms with Crippen molar-refractivity contribution in [2.45, 2.75) is 84.3 Å². The van der Waals surface area contributed by atoms with Gasteiger partial charge >= 0.3 is 5.97 Å². The van der Waals surface area contributed by atoms with E-state index in [1.165, 1.54) is 45.1 Å². The monoisotopic (exact) mass is 421 g/mol. The molecule has 0 aliphatic rings. The zero-order chi connectivity index (χ0) is 22.9. The van der Waals surface area contributed by atoms with Crippen molar-refractivity contribution in [1.29, 1.82) is 0 Å². The lowest BCUT2D eigenvalue weighted by Gasteiger charge is -2.13. The first-order valence-corrected chi connectivity index (χ1v) is 11.1. The van der Waals surface area contributed by atoms with E-state index in [0.717, 1.165) is 24.8 Å². The lowest BCUT2D eigenvalue weighted by molar-refractivity contribution is -0.142. The maximum Gasteiger partial charge on any atom is 0.304 e. The molecule has 1 aromatic rings. The van der Waals surface area contributed by atoms with E-state index in [9.17, 15) is 9.59 Å². The van der Waals surface area contributed by atoms with Gasteiger partial charge in [0.15, 0.2) is 6.10 Å². The Morgan fingerprint density at radius 2 is 1.65 bits per heavy atom. The lowest BCUT2D eigenvalue weighted by atomic mass is 10.0. The topological polar surface area (TPSA) is 55.4 Å². The summed E-state index contributed by atoms with van der Waals surface area (Å²) in [6, 6.07) is 7.19. The van der Waals surface area contributed by atoms with Crippen molar-refractivity contribution in [3.8, 4) is 23.7 Å². The normalized spacial score (nSPS) is 11.7. The summed E-state index contributed by atoms with van der Waals surface area (Å²) in [7, 11) is 0. The molecule has 0 saturated carbocycles. The quantitative estimate of drug-likeness (QED) is 0.214. The van der Waals surface area contributed by atoms with Crippen LogP contribution in [0.15, 0.2) is 36.9 Å². The number of rotatable bonds is 12. The van der Waals surface area contributed by atoms with Gasteiger partial charge in [0.05, 0.1) is 6.04 Å². The molecule has 0 aliphatic carbocycles. The number of hydrogen-bond acceptors (Lipinski definition) is 3. The minimum absolute atomic E-state index is 0.140. The highest BCUT2D eigenvalue weighted by Crippen LogP contribution is 2.10. The minimum Gasteiger partial charge on any atom is -0.445 e. The predicted molar refractivity (Wildman–Crippen MR) is 126 cm³/mol. The van der Waals surface area contributed by atoms with Crippen LogP contribution in [0.2, 0.25) is 0 Å². The molecular formula is C27H35NO3. The Bertz CT molecular complexity index is 818. The summed E-state index contributed by atoms with van der Waals surface area (Å²) in [5.41, 5.74) is 1.72. The summed E-state index contributed by atoms with van der Waals surface area (Å²) >= 11 is 0. The number of hydrogen-bond donors (Lipinski definition) is 1. The molecule has 4 nitrogen and oxygen atoms in total. The molecule has 1 aromatic carbocycles. The van der Waals surface area contributed by atoms with Crippen LogP contribution in [0.4, 0.5) is 0 Å². The van der Waals surface area contributed by atoms with E-state index in [2.05, 4.69) is 42.5 Å². The van der Waals surface area contributed by atoms with Crippen LogP contribution in [-0.2, 0) is 9.53 Å². The number of unbranched alkanes of at least 4 members (excludes halogenated alkanes) is 6. The number of esters is 1. The fourth-order valence-corrected chi connectivity index (χ4v) is 2.98. The van der Waals surface area contributed by atoms with E-state index in [1.807, 2.05) is 31.2 Å². The van der Waals surface area contributed by atoms with E-state index in [-0.39, 0.29) is 11.9 Å². The number of aryl methyl sites for hydroxylation is 1. The molecule has 0 spiro atoms. The Hall–Kier alpha value is -2.98. The van der Waals surface area contributed by atoms with Gasteiger partial charge in [-0.05, 0) is 49.3 Å². The second-order valence-corrected chi connectivity index (χ2v) is 7.61. The molecule has 1 N–H and O–H groups in total. The van der Waals surface area contributed by atoms with Crippen molar-refractivity contribution in [3.63, 3.8) is 0 Å². The zero-order valence-corrected chi connectivity index (χ0v) is 19.1. The van der Waals surface area contributed by atoms with Crippen molar-refractivity contribution in [1.82, 2.24) is 5.32 Å². The number of ether oxygens (including phenoxy) is 1. The smallest absolute Gasteiger partial charge is 0.304 e. The van der Waals surface area contributed by atoms with Gasteiger partial charge in [0, 0.05) is 12.5 Å². The van der Waals surface area contributed by atoms with Crippen molar-refractivity contribution in [2.75, 3.05) is 0 Å². The highest BCUT2D eigenvalue weighted by atomic mass is 16.5. The third kappa shape index (κ3) is 12.3. The molecule has 1 rings (SSSR count). The molecule has 31 heavy (non-hydrogen) atoms. The van der Waals surface area contributed by atoms with Crippen LogP contribution in [0.5, 0.6) is 0 Å². The van der Waals surface area contributed by atoms with Gasteiger partial charge in [-0.1, -0.05) is 82.1 Å². The number of carbonyl (C=O) groups excluding carboxylic acids is 2. The summed E-state index contributed by atoms with van der Waals surface area (Å²) in [5.74, 6) is 10.7. The Balaban J connectivity index is 2.71. The molecular weight excluding hydrogens is 386 g/mol. The summed E-state index contributed by atoms with van der Waals surface area (Å²) in [5, 5.41) is 3.01. The van der Waals surface area contributed by atoms with Crippen molar-refractivity contribution in [2.24, 2.45) is 0 Å². The highest BCUT2D eigenvalue weighted by Gasteiger charge is 2.11. The molecule has 0 saturated heterocycles. The maximum absolute atomic E-state index is 12.6. The molecule has 166 valence electrons. The Labute approximate surface area is 187 Å². The molecule has 1 amide bonds. The van der Waals surface area contributed by atoms with Crippen molar-refractivity contribution < 1.29 is 14.3 Å². The lowest BCUT2D eigenvalue weighted by Crippen LogP contribution is -2.33. The van der Waals surface area contributed by atoms with Crippen LogP contribution in [0.3, 0.4) is 0 Å². The molecule has 0 aliphatic heterocycles. The molecule has 0 aromatic heterocycles. The fraction of sp³-hybridized carbons (Fsp3) is 0.481. The summed E-state index contributed by atoms with van der Waals surface area (Å²) in [6.45, 7) is 9.12. The largest absolute Gasteiger partial charge is 0.445 e. The SMILES string of the molecule is C=C[C@@H](C#CC#C[C@@H](CCCCCCCCC)NC(=O)c1ccc(C)cc1)OC(C)=O. The highest BCUT2D eigenvalue weighted by molar-refractivity contribution is 5.94. The first-order valence-electron chi connectivity index (χ1n) is 11.1. The van der Waals surface area contributed by atoms with Gasteiger partial charge in [-0.15, -0.1) is 0 Å². The van der Waals surface area contributed by atoms with Gasteiger partial charge in [-0.2, -0.15) is 0 Å². The third-order valence-electron chi connectivity index (χ3n) is 4.75. The number of amides is 1. The number of nitrogens with one attached hydrogen (secondary N) is 1. The van der Waals surface area contributed by atoms with E-state index >= 15 is 0 Å². The van der Waals surface area contributed by atoms with Crippen LogP contribution in [-0.4, -0.2) is 24.0 Å². The molecule has 0 unspecified atom stereocenters. The van der Waals surface area contributed by atoms with Gasteiger partial charge in [-0.3, -0.25) is 9.59 Å². The van der Waals surface area contributed by atoms with E-state index in [4.69, 9.17) is 4.74 Å². The average Bonchev–Trinajstić information content (AvgIpc) is 2.74. The van der Waals surface area contributed by atoms with E-state index in [0.29, 0.717) is 5.56 Å². The molecule has 0 bridgehead atoms. The Morgan fingerprint density at radius 1 is 1.03 bits per heavy atom. The second kappa shape index (κ2) is 15.8. The summed E-state index contributed by atoms with van der Waals surface area (Å²) in [4.78, 5) is 23.6. The molecule has 4 heteroatoms. The zero-order valence-electron chi connectivity index (χ0n) is 19.1. The van der Waals surface area contributed by atoms with Crippen molar-refractivity contribution >= 4 is 11.9 Å². The molecule has 0 radical (unpaired) electrons. The second-order valence-electron chi connectivity index (χ2n) is 7.61. The van der Waals surface area contributed by atoms with Gasteiger partial charge in [0.1, 0.15) is 0 Å². The van der Waals surface area contributed by atoms with Crippen LogP contribution in [0.25, 0.3) is 0 Å². The standard InChI is InChI=1S/C27H35NO3/c1-5-7-8-9-10-11-12-15-25(16-13-14-17-26(6-2)31-23(4)29)28-27(30)24-20-18-22(3)19-21-24/h6,18-21,25-26H,2,5,7-12,15H2,1,3-4H3,(H,28,30)/t25-,26+/m1/s1. The van der Waals surface area contributed by atoms with E-state index < -0.39 is 12.1 Å². The first kappa shape index (κ1) is 26.1. The maximum atomic E-state index is 12.6. The summed E-state index contributed by atoms with van der Waals surface area (Å²) < 4.78 is 4.99. The van der Waals surface area contributed by atoms with Gasteiger partial charge < -0.3 is 10.1 Å². The fourth-order valence-electron chi connectivity index (χ4n) is 2.98. The Kier molecular flexibility index (Phi) is 13.3. The van der Waals surface area contributed by atoms with Gasteiger partial charge in [0.25, 0.3) is 5.91 Å². The predicted octanol–water partition coefficient (Wildman–Crippen LogP) is 5.36. The average molecular weight is 422 g/mol. The Morgan fingerprint density at radius 3 is 2.26 bits per heavy atom.